The van der Waals surface area contributed by atoms with Crippen molar-refractivity contribution in [3.63, 3.8) is 0 Å². The molecule has 298 valence electrons. The van der Waals surface area contributed by atoms with Crippen LogP contribution in [0.2, 0.25) is 0 Å². The summed E-state index contributed by atoms with van der Waals surface area (Å²) < 4.78 is 9.02. The van der Waals surface area contributed by atoms with E-state index in [1.807, 2.05) is 12.3 Å². The molecule has 0 N–H and O–H groups in total. The first-order chi connectivity index (χ1) is 27.8. The van der Waals surface area contributed by atoms with Crippen molar-refractivity contribution in [2.24, 2.45) is 0 Å². The fourth-order valence-electron chi connectivity index (χ4n) is 8.88. The van der Waals surface area contributed by atoms with Crippen LogP contribution in [0, 0.1) is 18.8 Å². The average molecular weight is 951 g/mol. The van der Waals surface area contributed by atoms with E-state index in [0.717, 1.165) is 55.9 Å². The second kappa shape index (κ2) is 14.0. The molecule has 2 aliphatic rings. The molecule has 0 unspecified atom stereocenters. The molecule has 5 nitrogen and oxygen atoms in total. The van der Waals surface area contributed by atoms with Crippen molar-refractivity contribution in [1.29, 1.82) is 0 Å². The fraction of sp³-hybridized carbons (Fsp3) is 0.208. The predicted octanol–water partition coefficient (Wildman–Crippen LogP) is 13.9. The molecule has 1 aliphatic heterocycles. The topological polar surface area (TPSA) is 33.5 Å². The first kappa shape index (κ1) is 38.9. The maximum atomic E-state index is 6.81. The Morgan fingerprint density at radius 3 is 2.07 bits per heavy atom. The van der Waals surface area contributed by atoms with Crippen LogP contribution in [0.3, 0.4) is 0 Å². The van der Waals surface area contributed by atoms with Crippen LogP contribution in [-0.4, -0.2) is 9.55 Å². The summed E-state index contributed by atoms with van der Waals surface area (Å²) in [5.41, 5.74) is 13.7. The fourth-order valence-corrected chi connectivity index (χ4v) is 8.88. The molecule has 59 heavy (non-hydrogen) atoms. The first-order valence-electron chi connectivity index (χ1n) is 20.2. The summed E-state index contributed by atoms with van der Waals surface area (Å²) in [5.74, 6) is 2.11. The second-order valence-corrected chi connectivity index (χ2v) is 18.3. The zero-order chi connectivity index (χ0) is 40.1. The van der Waals surface area contributed by atoms with Crippen LogP contribution in [0.4, 0.5) is 22.7 Å². The number of aromatic nitrogens is 2. The summed E-state index contributed by atoms with van der Waals surface area (Å²) in [6.45, 7) is 20.3. The van der Waals surface area contributed by atoms with Gasteiger partial charge >= 0.3 is 0 Å². The molecule has 0 fully saturated rings. The van der Waals surface area contributed by atoms with Gasteiger partial charge in [-0.05, 0) is 74.9 Å². The summed E-state index contributed by atoms with van der Waals surface area (Å²) in [4.78, 5) is 9.46. The second-order valence-electron chi connectivity index (χ2n) is 18.3. The standard InChI is InChI=1S/C53H47N4O.Pt/c1-51(2,3)34-26-27-54-49(30-34)57-44-20-12-10-16-39(44)40-25-24-37(32-48(40)57)58-38-29-35(52(4,5)6)28-36(31-38)55-33-56(46-22-14-13-21-45(46)55)47-23-15-19-43-50(47)41-17-9-11-18-42(41)53(43,7)8;/h9-30,33H,1-8H3;/q-3;. The van der Waals surface area contributed by atoms with E-state index < -0.39 is 0 Å². The predicted molar refractivity (Wildman–Crippen MR) is 239 cm³/mol. The van der Waals surface area contributed by atoms with E-state index in [-0.39, 0.29) is 37.3 Å². The number of ether oxygens (including phenoxy) is 1. The van der Waals surface area contributed by atoms with Gasteiger partial charge in [-0.1, -0.05) is 128 Å². The quantitative estimate of drug-likeness (QED) is 0.161. The molecule has 0 radical (unpaired) electrons. The van der Waals surface area contributed by atoms with E-state index in [2.05, 4.69) is 210 Å². The van der Waals surface area contributed by atoms with E-state index in [1.165, 1.54) is 27.8 Å². The summed E-state index contributed by atoms with van der Waals surface area (Å²) in [7, 11) is 0. The Bertz CT molecular complexity index is 2930. The molecule has 0 spiro atoms. The molecule has 8 aromatic rings. The van der Waals surface area contributed by atoms with Gasteiger partial charge in [0.1, 0.15) is 5.82 Å². The van der Waals surface area contributed by atoms with E-state index in [1.54, 1.807) is 0 Å². The van der Waals surface area contributed by atoms with Gasteiger partial charge in [-0.15, -0.1) is 53.6 Å². The Hall–Kier alpha value is -5.64. The number of benzene rings is 6. The molecule has 0 saturated heterocycles. The molecule has 0 saturated carbocycles. The third-order valence-electron chi connectivity index (χ3n) is 12.0. The molecule has 0 bridgehead atoms. The molecule has 0 atom stereocenters. The van der Waals surface area contributed by atoms with Gasteiger partial charge in [0.15, 0.2) is 0 Å². The van der Waals surface area contributed by atoms with Crippen molar-refractivity contribution in [1.82, 2.24) is 9.55 Å². The van der Waals surface area contributed by atoms with Gasteiger partial charge in [0.25, 0.3) is 0 Å². The average Bonchev–Trinajstić information content (AvgIpc) is 3.83. The normalized spacial score (nSPS) is 14.3. The van der Waals surface area contributed by atoms with Gasteiger partial charge in [0.05, 0.1) is 0 Å². The van der Waals surface area contributed by atoms with Gasteiger partial charge in [-0.3, -0.25) is 0 Å². The van der Waals surface area contributed by atoms with Gasteiger partial charge in [-0.2, -0.15) is 6.07 Å². The molecule has 6 heteroatoms. The van der Waals surface area contributed by atoms with Crippen molar-refractivity contribution in [3.8, 4) is 28.4 Å². The Kier molecular flexibility index (Phi) is 9.21. The first-order valence-corrected chi connectivity index (χ1v) is 20.2. The van der Waals surface area contributed by atoms with E-state index >= 15 is 0 Å². The number of hydrogen-bond donors (Lipinski definition) is 0. The van der Waals surface area contributed by atoms with Gasteiger partial charge in [-0.25, -0.2) is 4.98 Å². The maximum Gasteiger partial charge on any atom is 0.135 e. The Labute approximate surface area is 362 Å². The molecule has 6 aromatic carbocycles. The summed E-state index contributed by atoms with van der Waals surface area (Å²) in [6, 6.07) is 52.9. The van der Waals surface area contributed by atoms with Gasteiger partial charge in [0.2, 0.25) is 0 Å². The van der Waals surface area contributed by atoms with Crippen LogP contribution in [-0.2, 0) is 37.3 Å². The molecule has 2 aromatic heterocycles. The summed E-state index contributed by atoms with van der Waals surface area (Å²) in [5, 5.41) is 2.25. The minimum atomic E-state index is -0.153. The van der Waals surface area contributed by atoms with Gasteiger partial charge in [0, 0.05) is 72.3 Å². The molecule has 10 rings (SSSR count). The summed E-state index contributed by atoms with van der Waals surface area (Å²) in [6.07, 6.45) is 1.91. The Morgan fingerprint density at radius 2 is 1.29 bits per heavy atom. The Balaban J connectivity index is 0.00000449. The molecule has 3 heterocycles. The molecular weight excluding hydrogens is 904 g/mol. The zero-order valence-corrected chi connectivity index (χ0v) is 37.1. The van der Waals surface area contributed by atoms with Crippen molar-refractivity contribution in [3.05, 3.63) is 175 Å². The van der Waals surface area contributed by atoms with Gasteiger partial charge < -0.3 is 19.1 Å². The van der Waals surface area contributed by atoms with E-state index in [4.69, 9.17) is 9.72 Å². The number of pyridine rings is 1. The largest absolute Gasteiger partial charge is 0.509 e. The maximum absolute atomic E-state index is 6.81. The van der Waals surface area contributed by atoms with Crippen LogP contribution in [0.5, 0.6) is 11.5 Å². The molecule has 1 aliphatic carbocycles. The minimum Gasteiger partial charge on any atom is -0.509 e. The monoisotopic (exact) mass is 950 g/mol. The Morgan fingerprint density at radius 1 is 0.610 bits per heavy atom. The third-order valence-corrected chi connectivity index (χ3v) is 12.0. The third kappa shape index (κ3) is 6.37. The van der Waals surface area contributed by atoms with Crippen LogP contribution in [0.1, 0.15) is 77.6 Å². The van der Waals surface area contributed by atoms with E-state index in [0.29, 0.717) is 11.5 Å². The minimum absolute atomic E-state index is 0. The van der Waals surface area contributed by atoms with Crippen LogP contribution in [0.15, 0.2) is 134 Å². The van der Waals surface area contributed by atoms with Crippen molar-refractivity contribution in [2.45, 2.75) is 71.6 Å². The zero-order valence-electron chi connectivity index (χ0n) is 34.8. The number of hydrogen-bond acceptors (Lipinski definition) is 4. The number of rotatable bonds is 5. The van der Waals surface area contributed by atoms with Crippen LogP contribution in [0.25, 0.3) is 38.8 Å². The van der Waals surface area contributed by atoms with Crippen molar-refractivity contribution >= 4 is 44.6 Å². The van der Waals surface area contributed by atoms with E-state index in [9.17, 15) is 0 Å². The number of fused-ring (bicyclic) bond motifs is 7. The molecular formula is C53H47N4OPt-3. The van der Waals surface area contributed by atoms with Crippen LogP contribution < -0.4 is 14.5 Å². The molecule has 0 amide bonds. The van der Waals surface area contributed by atoms with Crippen LogP contribution >= 0.6 is 0 Å². The van der Waals surface area contributed by atoms with Crippen molar-refractivity contribution in [2.75, 3.05) is 9.80 Å². The number of nitrogens with zero attached hydrogens (tertiary/aromatic N) is 4. The van der Waals surface area contributed by atoms with Crippen molar-refractivity contribution < 1.29 is 25.8 Å². The number of anilines is 4. The number of para-hydroxylation sites is 3. The smallest absolute Gasteiger partial charge is 0.135 e. The SMILES string of the molecule is CC(C)(C)c1cc(Oc2[c-]c3c(cc2)c2ccccc2n3-c2cc(C(C)(C)C)ccn2)[c-]c(N2[CH-]N(c3cccc4c3-c3ccccc3C4(C)C)c3ccccc32)c1.[Pt]. The summed E-state index contributed by atoms with van der Waals surface area (Å²) >= 11 is 0.